The maximum atomic E-state index is 12.3. The normalized spacial score (nSPS) is 28.6. The molecule has 0 aromatic heterocycles. The van der Waals surface area contributed by atoms with Crippen LogP contribution in [0.5, 0.6) is 0 Å². The van der Waals surface area contributed by atoms with Crippen molar-refractivity contribution >= 4 is 16.2 Å². The van der Waals surface area contributed by atoms with Crippen LogP contribution in [-0.4, -0.2) is 41.9 Å². The molecule has 1 saturated heterocycles. The Morgan fingerprint density at radius 2 is 2.00 bits per heavy atom. The molecule has 1 atom stereocenters. The van der Waals surface area contributed by atoms with Crippen molar-refractivity contribution in [3.8, 4) is 0 Å². The van der Waals surface area contributed by atoms with Gasteiger partial charge in [-0.05, 0) is 39.0 Å². The fraction of sp³-hybridized carbons (Fsp3) is 0.909. The molecule has 104 valence electrons. The predicted octanol–water partition coefficient (Wildman–Crippen LogP) is 0.702. The lowest BCUT2D eigenvalue weighted by Gasteiger charge is -2.41. The first-order valence-corrected chi connectivity index (χ1v) is 7.85. The molecule has 2 fully saturated rings. The first-order chi connectivity index (χ1) is 8.37. The molecule has 1 unspecified atom stereocenters. The van der Waals surface area contributed by atoms with Crippen LogP contribution in [0.1, 0.15) is 45.4 Å². The lowest BCUT2D eigenvalue weighted by atomic mass is 9.78. The van der Waals surface area contributed by atoms with E-state index >= 15 is 0 Å². The van der Waals surface area contributed by atoms with Crippen LogP contribution < -0.4 is 4.72 Å². The summed E-state index contributed by atoms with van der Waals surface area (Å²) in [5.41, 5.74) is -1.27. The number of hydrogen-bond acceptors (Lipinski definition) is 3. The number of carbonyl (C=O) groups is 1. The SMILES string of the molecule is CC1CCCCN1S(=O)(=O)NC1(C(=O)O)CCC1. The number of nitrogens with zero attached hydrogens (tertiary/aromatic N) is 1. The van der Waals surface area contributed by atoms with E-state index in [1.807, 2.05) is 6.92 Å². The lowest BCUT2D eigenvalue weighted by Crippen LogP contribution is -2.62. The summed E-state index contributed by atoms with van der Waals surface area (Å²) in [6.07, 6.45) is 4.21. The number of rotatable bonds is 4. The second-order valence-corrected chi connectivity index (χ2v) is 6.93. The highest BCUT2D eigenvalue weighted by molar-refractivity contribution is 7.87. The number of hydrogen-bond donors (Lipinski definition) is 2. The summed E-state index contributed by atoms with van der Waals surface area (Å²) in [5.74, 6) is -1.07. The van der Waals surface area contributed by atoms with Gasteiger partial charge < -0.3 is 5.11 Å². The third kappa shape index (κ3) is 2.39. The second kappa shape index (κ2) is 4.79. The van der Waals surface area contributed by atoms with Gasteiger partial charge in [-0.2, -0.15) is 17.4 Å². The van der Waals surface area contributed by atoms with E-state index in [9.17, 15) is 13.2 Å². The van der Waals surface area contributed by atoms with Crippen molar-refractivity contribution in [2.45, 2.75) is 57.0 Å². The molecule has 0 spiro atoms. The number of piperidine rings is 1. The van der Waals surface area contributed by atoms with Crippen LogP contribution in [-0.2, 0) is 15.0 Å². The van der Waals surface area contributed by atoms with E-state index in [0.717, 1.165) is 25.7 Å². The average Bonchev–Trinajstić information content (AvgIpc) is 2.23. The van der Waals surface area contributed by atoms with Gasteiger partial charge >= 0.3 is 5.97 Å². The molecule has 7 heteroatoms. The number of carboxylic acids is 1. The van der Waals surface area contributed by atoms with Gasteiger partial charge in [0.2, 0.25) is 0 Å². The molecule has 2 aliphatic rings. The fourth-order valence-corrected chi connectivity index (χ4v) is 4.48. The molecule has 1 aliphatic heterocycles. The molecule has 18 heavy (non-hydrogen) atoms. The fourth-order valence-electron chi connectivity index (χ4n) is 2.62. The van der Waals surface area contributed by atoms with E-state index in [1.165, 1.54) is 4.31 Å². The third-order valence-corrected chi connectivity index (χ3v) is 5.80. The molecule has 0 aromatic carbocycles. The second-order valence-electron chi connectivity index (χ2n) is 5.30. The van der Waals surface area contributed by atoms with Crippen molar-refractivity contribution in [2.75, 3.05) is 6.54 Å². The highest BCUT2D eigenvalue weighted by Gasteiger charge is 2.49. The quantitative estimate of drug-likeness (QED) is 0.791. The Labute approximate surface area is 108 Å². The van der Waals surface area contributed by atoms with Crippen LogP contribution in [0.3, 0.4) is 0 Å². The summed E-state index contributed by atoms with van der Waals surface area (Å²) in [6, 6.07) is -0.0535. The van der Waals surface area contributed by atoms with Gasteiger partial charge in [0.1, 0.15) is 5.54 Å². The Morgan fingerprint density at radius 3 is 2.44 bits per heavy atom. The maximum absolute atomic E-state index is 12.3. The molecule has 2 N–H and O–H groups in total. The van der Waals surface area contributed by atoms with Crippen LogP contribution in [0.15, 0.2) is 0 Å². The average molecular weight is 276 g/mol. The minimum Gasteiger partial charge on any atom is -0.480 e. The number of carboxylic acid groups (broad SMARTS) is 1. The van der Waals surface area contributed by atoms with Gasteiger partial charge in [0.25, 0.3) is 10.2 Å². The van der Waals surface area contributed by atoms with E-state index in [-0.39, 0.29) is 6.04 Å². The number of aliphatic carboxylic acids is 1. The zero-order valence-corrected chi connectivity index (χ0v) is 11.4. The van der Waals surface area contributed by atoms with Crippen molar-refractivity contribution in [1.82, 2.24) is 9.03 Å². The van der Waals surface area contributed by atoms with E-state index < -0.39 is 21.7 Å². The Bertz CT molecular complexity index is 430. The predicted molar refractivity (Wildman–Crippen MR) is 66.3 cm³/mol. The highest BCUT2D eigenvalue weighted by Crippen LogP contribution is 2.33. The Balaban J connectivity index is 2.13. The van der Waals surface area contributed by atoms with E-state index in [2.05, 4.69) is 4.72 Å². The molecular formula is C11H20N2O4S. The Kier molecular flexibility index (Phi) is 3.66. The largest absolute Gasteiger partial charge is 0.480 e. The molecule has 0 aromatic rings. The number of nitrogens with one attached hydrogen (secondary N) is 1. The smallest absolute Gasteiger partial charge is 0.324 e. The highest BCUT2D eigenvalue weighted by atomic mass is 32.2. The summed E-state index contributed by atoms with van der Waals surface area (Å²) in [5, 5.41) is 9.17. The van der Waals surface area contributed by atoms with Gasteiger partial charge in [0.05, 0.1) is 0 Å². The first-order valence-electron chi connectivity index (χ1n) is 6.41. The summed E-state index contributed by atoms with van der Waals surface area (Å²) >= 11 is 0. The minimum atomic E-state index is -3.69. The molecule has 2 rings (SSSR count). The van der Waals surface area contributed by atoms with Crippen molar-refractivity contribution in [1.29, 1.82) is 0 Å². The van der Waals surface area contributed by atoms with Crippen LogP contribution in [0, 0.1) is 0 Å². The topological polar surface area (TPSA) is 86.7 Å². The van der Waals surface area contributed by atoms with E-state index in [0.29, 0.717) is 19.4 Å². The van der Waals surface area contributed by atoms with Crippen molar-refractivity contribution < 1.29 is 18.3 Å². The minimum absolute atomic E-state index is 0.0535. The molecule has 0 bridgehead atoms. The van der Waals surface area contributed by atoms with Crippen molar-refractivity contribution in [2.24, 2.45) is 0 Å². The van der Waals surface area contributed by atoms with E-state index in [1.54, 1.807) is 0 Å². The monoisotopic (exact) mass is 276 g/mol. The standard InChI is InChI=1S/C11H20N2O4S/c1-9-5-2-3-8-13(9)18(16,17)12-11(10(14)15)6-4-7-11/h9,12H,2-8H2,1H3,(H,14,15). The molecule has 1 aliphatic carbocycles. The van der Waals surface area contributed by atoms with Gasteiger partial charge in [0, 0.05) is 12.6 Å². The van der Waals surface area contributed by atoms with Crippen LogP contribution >= 0.6 is 0 Å². The maximum Gasteiger partial charge on any atom is 0.324 e. The van der Waals surface area contributed by atoms with Gasteiger partial charge in [-0.15, -0.1) is 0 Å². The molecule has 6 nitrogen and oxygen atoms in total. The first kappa shape index (κ1) is 13.8. The third-order valence-electron chi connectivity index (χ3n) is 3.99. The van der Waals surface area contributed by atoms with Crippen LogP contribution in [0.2, 0.25) is 0 Å². The summed E-state index contributed by atoms with van der Waals surface area (Å²) in [7, 11) is -3.69. The summed E-state index contributed by atoms with van der Waals surface area (Å²) < 4.78 is 28.3. The Hall–Kier alpha value is -0.660. The lowest BCUT2D eigenvalue weighted by molar-refractivity contribution is -0.147. The van der Waals surface area contributed by atoms with Gasteiger partial charge in [0.15, 0.2) is 0 Å². The zero-order chi connectivity index (χ0) is 13.4. The summed E-state index contributed by atoms with van der Waals surface area (Å²) in [6.45, 7) is 2.35. The van der Waals surface area contributed by atoms with Crippen LogP contribution in [0.25, 0.3) is 0 Å². The molecule has 1 heterocycles. The van der Waals surface area contributed by atoms with Gasteiger partial charge in [-0.3, -0.25) is 4.79 Å². The van der Waals surface area contributed by atoms with Gasteiger partial charge in [-0.25, -0.2) is 0 Å². The summed E-state index contributed by atoms with van der Waals surface area (Å²) in [4.78, 5) is 11.2. The Morgan fingerprint density at radius 1 is 1.33 bits per heavy atom. The van der Waals surface area contributed by atoms with Crippen molar-refractivity contribution in [3.05, 3.63) is 0 Å². The molecule has 1 saturated carbocycles. The van der Waals surface area contributed by atoms with Crippen molar-refractivity contribution in [3.63, 3.8) is 0 Å². The molecular weight excluding hydrogens is 256 g/mol. The van der Waals surface area contributed by atoms with E-state index in [4.69, 9.17) is 5.11 Å². The molecule has 0 amide bonds. The van der Waals surface area contributed by atoms with Crippen LogP contribution in [0.4, 0.5) is 0 Å². The molecule has 0 radical (unpaired) electrons. The van der Waals surface area contributed by atoms with Gasteiger partial charge in [-0.1, -0.05) is 6.42 Å². The zero-order valence-electron chi connectivity index (χ0n) is 10.6.